The Bertz CT molecular complexity index is 1300. The molecular formula is C24H34N4O6S2. The molecular weight excluding hydrogens is 504 g/mol. The number of sulfonamides is 1. The first-order valence-corrected chi connectivity index (χ1v) is 14.7. The largest absolute Gasteiger partial charge is 0.466 e. The number of likely N-dealkylation sites (tertiary alicyclic amines) is 1. The summed E-state index contributed by atoms with van der Waals surface area (Å²) in [5.74, 6) is -0.273. The third kappa shape index (κ3) is 5.21. The van der Waals surface area contributed by atoms with E-state index in [4.69, 9.17) is 4.74 Å². The van der Waals surface area contributed by atoms with Crippen molar-refractivity contribution in [1.29, 1.82) is 0 Å². The second-order valence-corrected chi connectivity index (χ2v) is 13.1. The molecule has 10 nitrogen and oxygen atoms in total. The maximum Gasteiger partial charge on any atom is 0.309 e. The van der Waals surface area contributed by atoms with Crippen molar-refractivity contribution in [3.63, 3.8) is 0 Å². The van der Waals surface area contributed by atoms with Gasteiger partial charge in [-0.15, -0.1) is 11.3 Å². The lowest BCUT2D eigenvalue weighted by atomic mass is 9.94. The second-order valence-electron chi connectivity index (χ2n) is 10.0. The van der Waals surface area contributed by atoms with E-state index in [-0.39, 0.29) is 46.5 Å². The van der Waals surface area contributed by atoms with E-state index in [0.717, 1.165) is 6.42 Å². The van der Waals surface area contributed by atoms with E-state index >= 15 is 0 Å². The number of carbonyl (C=O) groups is 2. The van der Waals surface area contributed by atoms with Crippen LogP contribution in [0.5, 0.6) is 0 Å². The molecule has 4 heterocycles. The molecule has 2 atom stereocenters. The number of hydrogen-bond donors (Lipinski definition) is 0. The zero-order valence-electron chi connectivity index (χ0n) is 21.2. The number of carbonyl (C=O) groups excluding carboxylic acids is 2. The van der Waals surface area contributed by atoms with E-state index in [1.807, 2.05) is 13.8 Å². The third-order valence-electron chi connectivity index (χ3n) is 7.01. The number of amides is 1. The summed E-state index contributed by atoms with van der Waals surface area (Å²) >= 11 is 1.18. The van der Waals surface area contributed by atoms with Gasteiger partial charge >= 0.3 is 5.97 Å². The number of nitrogens with zero attached hydrogens (tertiary/aromatic N) is 4. The summed E-state index contributed by atoms with van der Waals surface area (Å²) in [6.07, 6.45) is 3.29. The van der Waals surface area contributed by atoms with Crippen LogP contribution in [0.4, 0.5) is 0 Å². The van der Waals surface area contributed by atoms with Gasteiger partial charge in [0.1, 0.15) is 16.3 Å². The number of esters is 1. The summed E-state index contributed by atoms with van der Waals surface area (Å²) in [6, 6.07) is 0. The van der Waals surface area contributed by atoms with Gasteiger partial charge in [0, 0.05) is 31.1 Å². The van der Waals surface area contributed by atoms with E-state index in [1.165, 1.54) is 26.5 Å². The molecule has 4 rings (SSSR count). The van der Waals surface area contributed by atoms with Crippen molar-refractivity contribution in [2.75, 3.05) is 32.8 Å². The van der Waals surface area contributed by atoms with Crippen molar-refractivity contribution in [2.45, 2.75) is 58.4 Å². The molecule has 2 fully saturated rings. The van der Waals surface area contributed by atoms with Gasteiger partial charge in [-0.25, -0.2) is 13.4 Å². The summed E-state index contributed by atoms with van der Waals surface area (Å²) in [5, 5.41) is 0.0553. The van der Waals surface area contributed by atoms with Crippen molar-refractivity contribution in [3.8, 4) is 0 Å². The maximum atomic E-state index is 13.7. The van der Waals surface area contributed by atoms with Gasteiger partial charge in [0.25, 0.3) is 5.56 Å². The minimum absolute atomic E-state index is 0.0124. The Kier molecular flexibility index (Phi) is 7.86. The molecule has 0 N–H and O–H groups in total. The lowest BCUT2D eigenvalue weighted by molar-refractivity contribution is -0.151. The molecule has 0 bridgehead atoms. The molecule has 12 heteroatoms. The number of piperidine rings is 2. The summed E-state index contributed by atoms with van der Waals surface area (Å²) in [5.41, 5.74) is -0.532. The van der Waals surface area contributed by atoms with Crippen molar-refractivity contribution >= 4 is 43.5 Å². The molecule has 2 aromatic rings. The normalized spacial score (nSPS) is 22.2. The fourth-order valence-electron chi connectivity index (χ4n) is 5.34. The van der Waals surface area contributed by atoms with E-state index in [1.54, 1.807) is 18.7 Å². The number of aromatic nitrogens is 2. The smallest absolute Gasteiger partial charge is 0.309 e. The fraction of sp³-hybridized carbons (Fsp3) is 0.667. The quantitative estimate of drug-likeness (QED) is 0.518. The third-order valence-corrected chi connectivity index (χ3v) is 10.2. The van der Waals surface area contributed by atoms with Crippen molar-refractivity contribution < 1.29 is 22.7 Å². The highest BCUT2D eigenvalue weighted by molar-refractivity contribution is 7.89. The maximum absolute atomic E-state index is 13.7. The van der Waals surface area contributed by atoms with E-state index < -0.39 is 15.6 Å². The Morgan fingerprint density at radius 3 is 2.42 bits per heavy atom. The molecule has 0 saturated carbocycles. The highest BCUT2D eigenvalue weighted by Gasteiger charge is 2.36. The van der Waals surface area contributed by atoms with Gasteiger partial charge in [-0.05, 0) is 44.9 Å². The highest BCUT2D eigenvalue weighted by Crippen LogP contribution is 2.35. The van der Waals surface area contributed by atoms with E-state index in [9.17, 15) is 22.8 Å². The van der Waals surface area contributed by atoms with Gasteiger partial charge in [0.2, 0.25) is 15.9 Å². The van der Waals surface area contributed by atoms with Crippen LogP contribution in [0.15, 0.2) is 16.0 Å². The number of hydrogen-bond acceptors (Lipinski definition) is 8. The first-order valence-electron chi connectivity index (χ1n) is 12.5. The van der Waals surface area contributed by atoms with Crippen LogP contribution >= 0.6 is 11.3 Å². The van der Waals surface area contributed by atoms with Crippen molar-refractivity contribution in [1.82, 2.24) is 18.8 Å². The molecule has 2 unspecified atom stereocenters. The van der Waals surface area contributed by atoms with Crippen LogP contribution in [0.2, 0.25) is 0 Å². The van der Waals surface area contributed by atoms with Gasteiger partial charge in [-0.2, -0.15) is 4.31 Å². The van der Waals surface area contributed by atoms with Gasteiger partial charge in [0.15, 0.2) is 0 Å². The average Bonchev–Trinajstić information content (AvgIpc) is 3.18. The van der Waals surface area contributed by atoms with E-state index in [0.29, 0.717) is 55.3 Å². The minimum atomic E-state index is -3.90. The molecule has 2 aliphatic rings. The van der Waals surface area contributed by atoms with Gasteiger partial charge in [-0.3, -0.25) is 19.0 Å². The van der Waals surface area contributed by atoms with Gasteiger partial charge in [0.05, 0.1) is 24.2 Å². The summed E-state index contributed by atoms with van der Waals surface area (Å²) in [7, 11) is -3.90. The van der Waals surface area contributed by atoms with Crippen LogP contribution in [-0.4, -0.2) is 71.8 Å². The minimum Gasteiger partial charge on any atom is -0.466 e. The molecule has 1 amide bonds. The van der Waals surface area contributed by atoms with E-state index in [2.05, 4.69) is 4.98 Å². The number of rotatable bonds is 6. The van der Waals surface area contributed by atoms with Crippen LogP contribution in [0.25, 0.3) is 10.2 Å². The molecule has 2 saturated heterocycles. The Balaban J connectivity index is 1.58. The Morgan fingerprint density at radius 2 is 1.81 bits per heavy atom. The van der Waals surface area contributed by atoms with Crippen LogP contribution in [0.3, 0.4) is 0 Å². The Labute approximate surface area is 215 Å². The van der Waals surface area contributed by atoms with Crippen LogP contribution in [-0.2, 0) is 30.9 Å². The number of aryl methyl sites for hydroxylation is 1. The predicted molar refractivity (Wildman–Crippen MR) is 136 cm³/mol. The fourth-order valence-corrected chi connectivity index (χ4v) is 8.68. The summed E-state index contributed by atoms with van der Waals surface area (Å²) in [4.78, 5) is 45.2. The first kappa shape index (κ1) is 26.7. The molecule has 0 spiro atoms. The van der Waals surface area contributed by atoms with Crippen LogP contribution in [0, 0.1) is 24.7 Å². The van der Waals surface area contributed by atoms with Gasteiger partial charge in [-0.1, -0.05) is 13.8 Å². The molecule has 2 aromatic heterocycles. The molecule has 0 aliphatic carbocycles. The monoisotopic (exact) mass is 538 g/mol. The lowest BCUT2D eigenvalue weighted by Gasteiger charge is -2.34. The predicted octanol–water partition coefficient (Wildman–Crippen LogP) is 2.23. The van der Waals surface area contributed by atoms with Crippen LogP contribution < -0.4 is 5.56 Å². The van der Waals surface area contributed by atoms with Crippen LogP contribution in [0.1, 0.15) is 44.9 Å². The summed E-state index contributed by atoms with van der Waals surface area (Å²) in [6.45, 7) is 9.24. The molecule has 0 aromatic carbocycles. The Hall–Kier alpha value is -2.31. The standard InChI is InChI=1S/C24H34N4O6S2/c1-5-34-24(31)18-6-8-26(9-7-18)19(29)13-27-14-25-22-20(23(27)30)21(17(4)35-22)36(32,33)28-11-15(2)10-16(3)12-28/h14-16,18H,5-13H2,1-4H3. The summed E-state index contributed by atoms with van der Waals surface area (Å²) < 4.78 is 35.1. The molecule has 36 heavy (non-hydrogen) atoms. The molecule has 0 radical (unpaired) electrons. The average molecular weight is 539 g/mol. The number of fused-ring (bicyclic) bond motifs is 1. The second kappa shape index (κ2) is 10.6. The van der Waals surface area contributed by atoms with Crippen molar-refractivity contribution in [3.05, 3.63) is 21.6 Å². The van der Waals surface area contributed by atoms with Gasteiger partial charge < -0.3 is 9.64 Å². The highest BCUT2D eigenvalue weighted by atomic mass is 32.2. The van der Waals surface area contributed by atoms with Crippen molar-refractivity contribution in [2.24, 2.45) is 17.8 Å². The topological polar surface area (TPSA) is 119 Å². The number of ether oxygens (including phenoxy) is 1. The Morgan fingerprint density at radius 1 is 1.17 bits per heavy atom. The first-order chi connectivity index (χ1) is 17.0. The zero-order valence-corrected chi connectivity index (χ0v) is 22.9. The number of thiophene rings is 1. The molecule has 2 aliphatic heterocycles. The molecule has 198 valence electrons. The zero-order chi connectivity index (χ0) is 26.2. The SMILES string of the molecule is CCOC(=O)C1CCN(C(=O)Cn2cnc3sc(C)c(S(=O)(=O)N4CC(C)CC(C)C4)c3c2=O)CC1. The lowest BCUT2D eigenvalue weighted by Crippen LogP contribution is -2.43.